The molecule has 1 fully saturated rings. The highest BCUT2D eigenvalue weighted by Gasteiger charge is 2.27. The molecular formula is C15H21NO3. The molecule has 4 nitrogen and oxygen atoms in total. The third-order valence-corrected chi connectivity index (χ3v) is 3.59. The number of likely N-dealkylation sites (tertiary alicyclic amines) is 1. The summed E-state index contributed by atoms with van der Waals surface area (Å²) in [5.41, 5.74) is 1.15. The molecule has 0 aliphatic carbocycles. The number of para-hydroxylation sites is 1. The smallest absolute Gasteiger partial charge is 0.307 e. The van der Waals surface area contributed by atoms with Crippen LogP contribution in [0.2, 0.25) is 0 Å². The van der Waals surface area contributed by atoms with E-state index in [1.165, 1.54) is 0 Å². The van der Waals surface area contributed by atoms with Crippen molar-refractivity contribution in [3.63, 3.8) is 0 Å². The first kappa shape index (κ1) is 13.9. The van der Waals surface area contributed by atoms with Crippen LogP contribution in [0.5, 0.6) is 5.75 Å². The highest BCUT2D eigenvalue weighted by atomic mass is 16.5. The fourth-order valence-electron chi connectivity index (χ4n) is 2.43. The molecule has 104 valence electrons. The van der Waals surface area contributed by atoms with Gasteiger partial charge in [0.2, 0.25) is 0 Å². The Morgan fingerprint density at radius 1 is 1.47 bits per heavy atom. The van der Waals surface area contributed by atoms with Crippen molar-refractivity contribution < 1.29 is 14.6 Å². The number of rotatable bonds is 6. The first-order chi connectivity index (χ1) is 9.16. The Labute approximate surface area is 114 Å². The van der Waals surface area contributed by atoms with E-state index in [-0.39, 0.29) is 5.92 Å². The second kappa shape index (κ2) is 6.57. The molecule has 1 aromatic carbocycles. The molecule has 1 aliphatic rings. The van der Waals surface area contributed by atoms with E-state index in [1.54, 1.807) is 0 Å². The lowest BCUT2D eigenvalue weighted by atomic mass is 10.1. The Hall–Kier alpha value is -1.55. The van der Waals surface area contributed by atoms with Crippen molar-refractivity contribution in [2.45, 2.75) is 19.8 Å². The van der Waals surface area contributed by atoms with Gasteiger partial charge in [-0.15, -0.1) is 0 Å². The number of hydrogen-bond donors (Lipinski definition) is 1. The van der Waals surface area contributed by atoms with Crippen molar-refractivity contribution in [3.8, 4) is 5.75 Å². The van der Waals surface area contributed by atoms with Gasteiger partial charge in [0.1, 0.15) is 5.75 Å². The van der Waals surface area contributed by atoms with Crippen LogP contribution in [0.4, 0.5) is 0 Å². The minimum Gasteiger partial charge on any atom is -0.493 e. The molecule has 0 radical (unpaired) electrons. The maximum Gasteiger partial charge on any atom is 0.307 e. The van der Waals surface area contributed by atoms with E-state index in [2.05, 4.69) is 4.90 Å². The third kappa shape index (κ3) is 3.96. The lowest BCUT2D eigenvalue weighted by molar-refractivity contribution is -0.141. The normalized spacial score (nSPS) is 19.5. The molecule has 1 heterocycles. The predicted octanol–water partition coefficient (Wildman–Crippen LogP) is 2.17. The minimum atomic E-state index is -0.668. The number of aryl methyl sites for hydroxylation is 1. The molecule has 2 rings (SSSR count). The van der Waals surface area contributed by atoms with Crippen molar-refractivity contribution >= 4 is 5.97 Å². The largest absolute Gasteiger partial charge is 0.493 e. The highest BCUT2D eigenvalue weighted by Crippen LogP contribution is 2.18. The topological polar surface area (TPSA) is 49.8 Å². The summed E-state index contributed by atoms with van der Waals surface area (Å²) in [6, 6.07) is 7.98. The summed E-state index contributed by atoms with van der Waals surface area (Å²) in [6.07, 6.45) is 1.70. The minimum absolute atomic E-state index is 0.183. The van der Waals surface area contributed by atoms with Crippen LogP contribution in [0, 0.1) is 12.8 Å². The van der Waals surface area contributed by atoms with Gasteiger partial charge in [-0.3, -0.25) is 4.79 Å². The van der Waals surface area contributed by atoms with E-state index < -0.39 is 5.97 Å². The van der Waals surface area contributed by atoms with E-state index in [9.17, 15) is 4.79 Å². The predicted molar refractivity (Wildman–Crippen MR) is 73.5 cm³/mol. The zero-order valence-corrected chi connectivity index (χ0v) is 11.3. The summed E-state index contributed by atoms with van der Waals surface area (Å²) in [7, 11) is 0. The summed E-state index contributed by atoms with van der Waals surface area (Å²) in [5.74, 6) is 0.0864. The zero-order valence-electron chi connectivity index (χ0n) is 11.3. The SMILES string of the molecule is Cc1ccccc1OCCCN1CCC(C(=O)O)C1. The average molecular weight is 263 g/mol. The molecule has 1 aromatic rings. The third-order valence-electron chi connectivity index (χ3n) is 3.59. The molecule has 0 amide bonds. The highest BCUT2D eigenvalue weighted by molar-refractivity contribution is 5.70. The zero-order chi connectivity index (χ0) is 13.7. The molecule has 1 N–H and O–H groups in total. The van der Waals surface area contributed by atoms with Gasteiger partial charge in [-0.25, -0.2) is 0 Å². The number of aliphatic carboxylic acids is 1. The van der Waals surface area contributed by atoms with Gasteiger partial charge in [-0.2, -0.15) is 0 Å². The number of nitrogens with zero attached hydrogens (tertiary/aromatic N) is 1. The van der Waals surface area contributed by atoms with Crippen LogP contribution < -0.4 is 4.74 Å². The number of carboxylic acid groups (broad SMARTS) is 1. The maximum absolute atomic E-state index is 10.8. The van der Waals surface area contributed by atoms with Crippen LogP contribution >= 0.6 is 0 Å². The van der Waals surface area contributed by atoms with Crippen molar-refractivity contribution in [1.82, 2.24) is 4.90 Å². The van der Waals surface area contributed by atoms with E-state index >= 15 is 0 Å². The first-order valence-electron chi connectivity index (χ1n) is 6.80. The Kier molecular flexibility index (Phi) is 4.80. The van der Waals surface area contributed by atoms with Gasteiger partial charge in [0, 0.05) is 13.1 Å². The number of ether oxygens (including phenoxy) is 1. The van der Waals surface area contributed by atoms with E-state index in [1.807, 2.05) is 31.2 Å². The summed E-state index contributed by atoms with van der Waals surface area (Å²) < 4.78 is 5.73. The molecule has 1 atom stereocenters. The molecule has 0 saturated carbocycles. The standard InChI is InChI=1S/C15H21NO3/c1-12-5-2-3-6-14(12)19-10-4-8-16-9-7-13(11-16)15(17)18/h2-3,5-6,13H,4,7-11H2,1H3,(H,17,18). The number of carboxylic acids is 1. The lowest BCUT2D eigenvalue weighted by Crippen LogP contribution is -2.25. The van der Waals surface area contributed by atoms with Crippen molar-refractivity contribution in [2.75, 3.05) is 26.2 Å². The van der Waals surface area contributed by atoms with Gasteiger partial charge in [-0.1, -0.05) is 18.2 Å². The number of benzene rings is 1. The molecule has 0 spiro atoms. The summed E-state index contributed by atoms with van der Waals surface area (Å²) in [4.78, 5) is 13.1. The number of carbonyl (C=O) groups is 1. The molecule has 1 unspecified atom stereocenters. The molecule has 19 heavy (non-hydrogen) atoms. The average Bonchev–Trinajstić information content (AvgIpc) is 2.85. The van der Waals surface area contributed by atoms with E-state index in [0.717, 1.165) is 37.2 Å². The molecule has 1 saturated heterocycles. The lowest BCUT2D eigenvalue weighted by Gasteiger charge is -2.15. The second-order valence-corrected chi connectivity index (χ2v) is 5.09. The Bertz CT molecular complexity index is 433. The van der Waals surface area contributed by atoms with Crippen LogP contribution in [0.3, 0.4) is 0 Å². The van der Waals surface area contributed by atoms with Gasteiger partial charge in [0.15, 0.2) is 0 Å². The van der Waals surface area contributed by atoms with Gasteiger partial charge in [0.05, 0.1) is 12.5 Å². The molecular weight excluding hydrogens is 242 g/mol. The number of hydrogen-bond acceptors (Lipinski definition) is 3. The van der Waals surface area contributed by atoms with Crippen molar-refractivity contribution in [1.29, 1.82) is 0 Å². The summed E-state index contributed by atoms with van der Waals surface area (Å²) >= 11 is 0. The van der Waals surface area contributed by atoms with Crippen LogP contribution in [-0.4, -0.2) is 42.2 Å². The van der Waals surface area contributed by atoms with Gasteiger partial charge in [0.25, 0.3) is 0 Å². The van der Waals surface area contributed by atoms with Crippen molar-refractivity contribution in [3.05, 3.63) is 29.8 Å². The van der Waals surface area contributed by atoms with Crippen LogP contribution in [-0.2, 0) is 4.79 Å². The fourth-order valence-corrected chi connectivity index (χ4v) is 2.43. The van der Waals surface area contributed by atoms with Gasteiger partial charge < -0.3 is 14.7 Å². The Balaban J connectivity index is 1.65. The van der Waals surface area contributed by atoms with Crippen LogP contribution in [0.1, 0.15) is 18.4 Å². The summed E-state index contributed by atoms with van der Waals surface area (Å²) in [6.45, 7) is 5.20. The summed E-state index contributed by atoms with van der Waals surface area (Å²) in [5, 5.41) is 8.93. The van der Waals surface area contributed by atoms with Crippen LogP contribution in [0.25, 0.3) is 0 Å². The molecule has 0 aromatic heterocycles. The Morgan fingerprint density at radius 3 is 2.95 bits per heavy atom. The Morgan fingerprint density at radius 2 is 2.26 bits per heavy atom. The quantitative estimate of drug-likeness (QED) is 0.799. The molecule has 1 aliphatic heterocycles. The fraction of sp³-hybridized carbons (Fsp3) is 0.533. The van der Waals surface area contributed by atoms with Crippen molar-refractivity contribution in [2.24, 2.45) is 5.92 Å². The van der Waals surface area contributed by atoms with Crippen LogP contribution in [0.15, 0.2) is 24.3 Å². The first-order valence-corrected chi connectivity index (χ1v) is 6.80. The van der Waals surface area contributed by atoms with Gasteiger partial charge in [-0.05, 0) is 37.9 Å². The monoisotopic (exact) mass is 263 g/mol. The molecule has 0 bridgehead atoms. The maximum atomic E-state index is 10.8. The van der Waals surface area contributed by atoms with E-state index in [4.69, 9.17) is 9.84 Å². The van der Waals surface area contributed by atoms with Gasteiger partial charge >= 0.3 is 5.97 Å². The van der Waals surface area contributed by atoms with E-state index in [0.29, 0.717) is 13.2 Å². The molecule has 4 heteroatoms. The second-order valence-electron chi connectivity index (χ2n) is 5.09.